The van der Waals surface area contributed by atoms with Crippen molar-refractivity contribution >= 4 is 0 Å². The van der Waals surface area contributed by atoms with Crippen LogP contribution in [0.2, 0.25) is 0 Å². The number of phenols is 3. The highest BCUT2D eigenvalue weighted by atomic mass is 19.4. The number of halogens is 4. The quantitative estimate of drug-likeness (QED) is 0.479. The van der Waals surface area contributed by atoms with Crippen LogP contribution in [0.1, 0.15) is 17.5 Å². The highest BCUT2D eigenvalue weighted by Gasteiger charge is 2.40. The lowest BCUT2D eigenvalue weighted by molar-refractivity contribution is -0.138. The molecular weight excluding hydrogens is 358 g/mol. The third kappa shape index (κ3) is 2.98. The summed E-state index contributed by atoms with van der Waals surface area (Å²) in [5.74, 6) is -4.63. The van der Waals surface area contributed by atoms with Crippen molar-refractivity contribution < 1.29 is 37.6 Å². The topological polar surface area (TPSA) is 95.9 Å². The van der Waals surface area contributed by atoms with Gasteiger partial charge in [0, 0.05) is 17.7 Å². The van der Waals surface area contributed by atoms with Crippen LogP contribution in [0.25, 0.3) is 11.1 Å². The molecule has 2 aromatic rings. The van der Waals surface area contributed by atoms with Crippen LogP contribution in [0.5, 0.6) is 23.0 Å². The van der Waals surface area contributed by atoms with E-state index in [1.807, 2.05) is 0 Å². The maximum absolute atomic E-state index is 14.0. The van der Waals surface area contributed by atoms with E-state index in [1.165, 1.54) is 0 Å². The smallest absolute Gasteiger partial charge is 0.420 e. The Bertz CT molecular complexity index is 867. The predicted molar refractivity (Wildman–Crippen MR) is 83.6 cm³/mol. The first kappa shape index (κ1) is 18.1. The van der Waals surface area contributed by atoms with Crippen LogP contribution in [0, 0.1) is 5.82 Å². The number of rotatable bonds is 2. The molecule has 0 fully saturated rings. The van der Waals surface area contributed by atoms with E-state index in [9.17, 15) is 32.9 Å². The highest BCUT2D eigenvalue weighted by molar-refractivity contribution is 5.81. The second kappa shape index (κ2) is 6.24. The first-order valence-corrected chi connectivity index (χ1v) is 7.68. The number of aromatic hydroxyl groups is 3. The Balaban J connectivity index is 2.33. The van der Waals surface area contributed by atoms with Crippen molar-refractivity contribution in [1.29, 1.82) is 0 Å². The second-order valence-electron chi connectivity index (χ2n) is 5.97. The summed E-state index contributed by atoms with van der Waals surface area (Å²) < 4.78 is 60.0. The first-order valence-electron chi connectivity index (χ1n) is 7.68. The maximum atomic E-state index is 14.0. The van der Waals surface area contributed by atoms with E-state index in [0.29, 0.717) is 24.5 Å². The lowest BCUT2D eigenvalue weighted by Crippen LogP contribution is -2.30. The van der Waals surface area contributed by atoms with Gasteiger partial charge in [0.1, 0.15) is 23.2 Å². The van der Waals surface area contributed by atoms with E-state index in [-0.39, 0.29) is 17.9 Å². The monoisotopic (exact) mass is 373 g/mol. The van der Waals surface area contributed by atoms with Crippen molar-refractivity contribution in [3.63, 3.8) is 0 Å². The Morgan fingerprint density at radius 3 is 2.38 bits per heavy atom. The van der Waals surface area contributed by atoms with Crippen LogP contribution >= 0.6 is 0 Å². The minimum Gasteiger partial charge on any atom is -0.504 e. The summed E-state index contributed by atoms with van der Waals surface area (Å²) in [6.07, 6.45) is -4.71. The number of nitrogens with two attached hydrogens (primary N) is 1. The van der Waals surface area contributed by atoms with Crippen LogP contribution in [-0.2, 0) is 12.6 Å². The Hall–Kier alpha value is -2.68. The van der Waals surface area contributed by atoms with Gasteiger partial charge in [0.05, 0.1) is 0 Å². The fourth-order valence-electron chi connectivity index (χ4n) is 3.03. The average Bonchev–Trinajstić information content (AvgIpc) is 2.56. The van der Waals surface area contributed by atoms with Crippen molar-refractivity contribution in [3.8, 4) is 34.1 Å². The van der Waals surface area contributed by atoms with Crippen molar-refractivity contribution in [2.45, 2.75) is 25.1 Å². The van der Waals surface area contributed by atoms with Gasteiger partial charge in [-0.1, -0.05) is 0 Å². The van der Waals surface area contributed by atoms with Gasteiger partial charge < -0.3 is 25.8 Å². The van der Waals surface area contributed by atoms with Crippen LogP contribution < -0.4 is 10.5 Å². The third-order valence-corrected chi connectivity index (χ3v) is 4.24. The molecule has 0 unspecified atom stereocenters. The summed E-state index contributed by atoms with van der Waals surface area (Å²) in [6, 6.07) is 2.58. The molecule has 0 saturated carbocycles. The fraction of sp³-hybridized carbons (Fsp3) is 0.294. The van der Waals surface area contributed by atoms with Crippen LogP contribution in [0.3, 0.4) is 0 Å². The molecule has 26 heavy (non-hydrogen) atoms. The van der Waals surface area contributed by atoms with Gasteiger partial charge in [0.15, 0.2) is 11.5 Å². The fourth-order valence-corrected chi connectivity index (χ4v) is 3.03. The molecule has 2 aromatic carbocycles. The van der Waals surface area contributed by atoms with Crippen molar-refractivity contribution in [1.82, 2.24) is 0 Å². The number of hydrogen-bond acceptors (Lipinski definition) is 5. The summed E-state index contributed by atoms with van der Waals surface area (Å²) in [4.78, 5) is 0. The molecule has 0 saturated heterocycles. The molecule has 0 spiro atoms. The molecule has 5 nitrogen and oxygen atoms in total. The van der Waals surface area contributed by atoms with E-state index < -0.39 is 46.5 Å². The molecule has 0 aliphatic carbocycles. The number of phenolic OH excluding ortho intramolecular Hbond substituents is 3. The number of aryl methyl sites for hydroxylation is 1. The number of fused-ring (bicyclic) bond motifs is 1. The lowest BCUT2D eigenvalue weighted by atomic mass is 9.92. The summed E-state index contributed by atoms with van der Waals surface area (Å²) in [5, 5.41) is 28.9. The molecule has 5 N–H and O–H groups in total. The van der Waals surface area contributed by atoms with Crippen molar-refractivity contribution in [3.05, 3.63) is 35.1 Å². The molecule has 0 amide bonds. The standard InChI is InChI=1S/C17H15F4NO4/c18-8-3-7-1-2-9(6-22)26-16(7)11(4-8)10-5-12(23)14(24)15(25)13(10)17(19,20)21/h3-5,9,23-25H,1-2,6,22H2/t9-/m1/s1. The summed E-state index contributed by atoms with van der Waals surface area (Å²) in [5.41, 5.74) is 3.30. The Morgan fingerprint density at radius 1 is 1.08 bits per heavy atom. The van der Waals surface area contributed by atoms with E-state index in [0.717, 1.165) is 12.1 Å². The number of hydrogen-bond donors (Lipinski definition) is 4. The Kier molecular flexibility index (Phi) is 4.35. The van der Waals surface area contributed by atoms with E-state index >= 15 is 0 Å². The molecule has 0 aromatic heterocycles. The molecule has 1 aliphatic rings. The molecule has 140 valence electrons. The molecule has 1 atom stereocenters. The first-order chi connectivity index (χ1) is 12.1. The zero-order valence-electron chi connectivity index (χ0n) is 13.3. The predicted octanol–water partition coefficient (Wildman–Crippen LogP) is 3.28. The summed E-state index contributed by atoms with van der Waals surface area (Å²) in [6.45, 7) is 0.120. The average molecular weight is 373 g/mol. The zero-order valence-corrected chi connectivity index (χ0v) is 13.3. The van der Waals surface area contributed by atoms with Gasteiger partial charge in [0.25, 0.3) is 0 Å². The van der Waals surface area contributed by atoms with Gasteiger partial charge >= 0.3 is 6.18 Å². The van der Waals surface area contributed by atoms with Gasteiger partial charge in [-0.05, 0) is 36.6 Å². The van der Waals surface area contributed by atoms with Gasteiger partial charge in [-0.25, -0.2) is 4.39 Å². The molecule has 0 bridgehead atoms. The SMILES string of the molecule is NC[C@H]1CCc2cc(F)cc(-c3cc(O)c(O)c(O)c3C(F)(F)F)c2O1. The van der Waals surface area contributed by atoms with Gasteiger partial charge in [-0.3, -0.25) is 0 Å². The molecule has 3 rings (SSSR count). The Morgan fingerprint density at radius 2 is 1.77 bits per heavy atom. The summed E-state index contributed by atoms with van der Waals surface area (Å²) >= 11 is 0. The molecule has 0 radical (unpaired) electrons. The Labute approximate surface area is 145 Å². The molecule has 1 aliphatic heterocycles. The minimum atomic E-state index is -5.08. The lowest BCUT2D eigenvalue weighted by Gasteiger charge is -2.28. The minimum absolute atomic E-state index is 0.00286. The normalized spacial score (nSPS) is 16.9. The maximum Gasteiger partial charge on any atom is 0.420 e. The van der Waals surface area contributed by atoms with Crippen LogP contribution in [-0.4, -0.2) is 28.0 Å². The van der Waals surface area contributed by atoms with Gasteiger partial charge in [-0.15, -0.1) is 0 Å². The highest BCUT2D eigenvalue weighted by Crippen LogP contribution is 2.52. The number of benzene rings is 2. The van der Waals surface area contributed by atoms with E-state index in [2.05, 4.69) is 0 Å². The van der Waals surface area contributed by atoms with Gasteiger partial charge in [0.2, 0.25) is 5.75 Å². The van der Waals surface area contributed by atoms with Crippen LogP contribution in [0.4, 0.5) is 17.6 Å². The molecule has 9 heteroatoms. The zero-order chi connectivity index (χ0) is 19.2. The number of alkyl halides is 3. The molecular formula is C17H15F4NO4. The van der Waals surface area contributed by atoms with Crippen LogP contribution in [0.15, 0.2) is 18.2 Å². The second-order valence-corrected chi connectivity index (χ2v) is 5.97. The third-order valence-electron chi connectivity index (χ3n) is 4.24. The summed E-state index contributed by atoms with van der Waals surface area (Å²) in [7, 11) is 0. The largest absolute Gasteiger partial charge is 0.504 e. The van der Waals surface area contributed by atoms with Crippen molar-refractivity contribution in [2.75, 3.05) is 6.54 Å². The van der Waals surface area contributed by atoms with Crippen molar-refractivity contribution in [2.24, 2.45) is 5.73 Å². The van der Waals surface area contributed by atoms with E-state index in [1.54, 1.807) is 0 Å². The van der Waals surface area contributed by atoms with E-state index in [4.69, 9.17) is 10.5 Å². The molecule has 1 heterocycles. The van der Waals surface area contributed by atoms with Gasteiger partial charge in [-0.2, -0.15) is 13.2 Å². The number of ether oxygens (including phenoxy) is 1.